The molecular weight excluding hydrogens is 220 g/mol. The van der Waals surface area contributed by atoms with E-state index in [2.05, 4.69) is 9.97 Å². The van der Waals surface area contributed by atoms with E-state index in [0.717, 1.165) is 5.69 Å². The highest BCUT2D eigenvalue weighted by Crippen LogP contribution is 2.21. The van der Waals surface area contributed by atoms with Crippen LogP contribution in [-0.2, 0) is 13.0 Å². The smallest absolute Gasteiger partial charge is 0.292 e. The van der Waals surface area contributed by atoms with Crippen LogP contribution in [0.5, 0.6) is 0 Å². The first-order valence-electron chi connectivity index (χ1n) is 5.40. The van der Waals surface area contributed by atoms with Crippen molar-refractivity contribution in [3.8, 4) is 0 Å². The van der Waals surface area contributed by atoms with Crippen molar-refractivity contribution in [2.24, 2.45) is 0 Å². The van der Waals surface area contributed by atoms with Gasteiger partial charge in [0.2, 0.25) is 0 Å². The van der Waals surface area contributed by atoms with Gasteiger partial charge in [0, 0.05) is 25.4 Å². The van der Waals surface area contributed by atoms with Crippen LogP contribution in [0.3, 0.4) is 0 Å². The maximum Gasteiger partial charge on any atom is 0.292 e. The number of hydrogen-bond donors (Lipinski definition) is 2. The topological polar surface area (TPSA) is 88.2 Å². The fourth-order valence-corrected chi connectivity index (χ4v) is 2.03. The third-order valence-electron chi connectivity index (χ3n) is 2.88. The van der Waals surface area contributed by atoms with Crippen LogP contribution in [-0.4, -0.2) is 27.3 Å². The average molecular weight is 232 g/mol. The number of H-pyrrole nitrogens is 1. The van der Waals surface area contributed by atoms with Gasteiger partial charge in [0.1, 0.15) is 5.76 Å². The normalized spacial score (nSPS) is 14.7. The van der Waals surface area contributed by atoms with E-state index >= 15 is 0 Å². The minimum absolute atomic E-state index is 0.00753. The minimum atomic E-state index is -0.00753. The number of amides is 1. The Morgan fingerprint density at radius 3 is 3.24 bits per heavy atom. The number of rotatable bonds is 1. The van der Waals surface area contributed by atoms with Gasteiger partial charge in [0.05, 0.1) is 17.8 Å². The number of aromatic amines is 1. The highest BCUT2D eigenvalue weighted by molar-refractivity contribution is 5.94. The van der Waals surface area contributed by atoms with Gasteiger partial charge in [-0.3, -0.25) is 4.79 Å². The van der Waals surface area contributed by atoms with Crippen LogP contribution >= 0.6 is 0 Å². The summed E-state index contributed by atoms with van der Waals surface area (Å²) in [6.45, 7) is 1.08. The number of nitrogens with one attached hydrogen (secondary N) is 1. The molecule has 3 N–H and O–H groups in total. The van der Waals surface area contributed by atoms with Crippen molar-refractivity contribution < 1.29 is 9.21 Å². The third kappa shape index (κ3) is 1.67. The molecule has 3 rings (SSSR count). The summed E-state index contributed by atoms with van der Waals surface area (Å²) in [7, 11) is 0. The SMILES string of the molecule is Nc1nc2c(o1)CN(C(=O)c1cc[nH]c1)CC2. The molecule has 88 valence electrons. The van der Waals surface area contributed by atoms with Gasteiger partial charge < -0.3 is 20.0 Å². The summed E-state index contributed by atoms with van der Waals surface area (Å²) in [5.74, 6) is 0.685. The molecule has 0 aliphatic carbocycles. The van der Waals surface area contributed by atoms with Crippen LogP contribution in [0.25, 0.3) is 0 Å². The second kappa shape index (κ2) is 3.65. The molecule has 0 atom stereocenters. The number of oxazole rings is 1. The van der Waals surface area contributed by atoms with Gasteiger partial charge in [-0.15, -0.1) is 0 Å². The first-order chi connectivity index (χ1) is 8.24. The molecule has 0 unspecified atom stereocenters. The van der Waals surface area contributed by atoms with Crippen LogP contribution in [0.15, 0.2) is 22.9 Å². The standard InChI is InChI=1S/C11H12N4O2/c12-11-14-8-2-4-15(6-9(8)17-11)10(16)7-1-3-13-5-7/h1,3,5,13H,2,4,6H2,(H2,12,14). The zero-order valence-corrected chi connectivity index (χ0v) is 9.14. The van der Waals surface area contributed by atoms with E-state index in [9.17, 15) is 4.79 Å². The second-order valence-corrected chi connectivity index (χ2v) is 4.00. The molecule has 6 nitrogen and oxygen atoms in total. The van der Waals surface area contributed by atoms with E-state index in [4.69, 9.17) is 10.2 Å². The Morgan fingerprint density at radius 2 is 2.47 bits per heavy atom. The Bertz CT molecular complexity index is 544. The molecule has 0 bridgehead atoms. The van der Waals surface area contributed by atoms with Crippen molar-refractivity contribution in [3.63, 3.8) is 0 Å². The van der Waals surface area contributed by atoms with Crippen molar-refractivity contribution >= 4 is 11.9 Å². The van der Waals surface area contributed by atoms with E-state index in [1.807, 2.05) is 0 Å². The van der Waals surface area contributed by atoms with Crippen molar-refractivity contribution in [2.75, 3.05) is 12.3 Å². The summed E-state index contributed by atoms with van der Waals surface area (Å²) in [5, 5.41) is 0. The lowest BCUT2D eigenvalue weighted by Gasteiger charge is -2.24. The fourth-order valence-electron chi connectivity index (χ4n) is 2.03. The molecule has 2 aromatic rings. The number of aromatic nitrogens is 2. The molecule has 6 heteroatoms. The van der Waals surface area contributed by atoms with E-state index < -0.39 is 0 Å². The predicted octanol–water partition coefficient (Wildman–Crippen LogP) is 0.783. The van der Waals surface area contributed by atoms with E-state index in [1.165, 1.54) is 0 Å². The van der Waals surface area contributed by atoms with Crippen molar-refractivity contribution in [3.05, 3.63) is 35.5 Å². The number of hydrogen-bond acceptors (Lipinski definition) is 4. The van der Waals surface area contributed by atoms with Crippen LogP contribution in [0.4, 0.5) is 6.01 Å². The maximum atomic E-state index is 12.1. The van der Waals surface area contributed by atoms with Gasteiger partial charge in [0.15, 0.2) is 0 Å². The number of anilines is 1. The molecular formula is C11H12N4O2. The molecule has 0 saturated carbocycles. The van der Waals surface area contributed by atoms with Gasteiger partial charge in [-0.1, -0.05) is 0 Å². The van der Waals surface area contributed by atoms with Crippen LogP contribution in [0, 0.1) is 0 Å². The first kappa shape index (κ1) is 9.95. The van der Waals surface area contributed by atoms with Crippen LogP contribution in [0.1, 0.15) is 21.8 Å². The van der Waals surface area contributed by atoms with Gasteiger partial charge in [-0.05, 0) is 6.07 Å². The van der Waals surface area contributed by atoms with Gasteiger partial charge in [-0.2, -0.15) is 4.98 Å². The monoisotopic (exact) mass is 232 g/mol. The van der Waals surface area contributed by atoms with E-state index in [-0.39, 0.29) is 11.9 Å². The average Bonchev–Trinajstić information content (AvgIpc) is 2.94. The Hall–Kier alpha value is -2.24. The summed E-state index contributed by atoms with van der Waals surface area (Å²) in [6, 6.07) is 1.93. The Labute approximate surface area is 97.4 Å². The number of nitrogens with zero attached hydrogens (tertiary/aromatic N) is 2. The molecule has 0 radical (unpaired) electrons. The Balaban J connectivity index is 1.82. The molecule has 1 aliphatic rings. The number of carbonyl (C=O) groups excluding carboxylic acids is 1. The number of fused-ring (bicyclic) bond motifs is 1. The van der Waals surface area contributed by atoms with Crippen molar-refractivity contribution in [1.82, 2.24) is 14.9 Å². The first-order valence-corrected chi connectivity index (χ1v) is 5.40. The zero-order chi connectivity index (χ0) is 11.8. The van der Waals surface area contributed by atoms with Gasteiger partial charge >= 0.3 is 0 Å². The number of nitrogen functional groups attached to an aromatic ring is 1. The third-order valence-corrected chi connectivity index (χ3v) is 2.88. The fraction of sp³-hybridized carbons (Fsp3) is 0.273. The lowest BCUT2D eigenvalue weighted by atomic mass is 10.1. The second-order valence-electron chi connectivity index (χ2n) is 4.00. The molecule has 0 aromatic carbocycles. The largest absolute Gasteiger partial charge is 0.427 e. The lowest BCUT2D eigenvalue weighted by Crippen LogP contribution is -2.35. The highest BCUT2D eigenvalue weighted by atomic mass is 16.4. The summed E-state index contributed by atoms with van der Waals surface area (Å²) in [6.07, 6.45) is 4.10. The molecule has 0 saturated heterocycles. The quantitative estimate of drug-likeness (QED) is 0.760. The molecule has 17 heavy (non-hydrogen) atoms. The Morgan fingerprint density at radius 1 is 1.59 bits per heavy atom. The summed E-state index contributed by atoms with van der Waals surface area (Å²) in [4.78, 5) is 20.8. The number of carbonyl (C=O) groups is 1. The van der Waals surface area contributed by atoms with Crippen molar-refractivity contribution in [2.45, 2.75) is 13.0 Å². The van der Waals surface area contributed by atoms with Crippen LogP contribution < -0.4 is 5.73 Å². The summed E-state index contributed by atoms with van der Waals surface area (Å²) < 4.78 is 5.27. The highest BCUT2D eigenvalue weighted by Gasteiger charge is 2.25. The molecule has 0 fully saturated rings. The maximum absolute atomic E-state index is 12.1. The zero-order valence-electron chi connectivity index (χ0n) is 9.14. The van der Waals surface area contributed by atoms with Crippen LogP contribution in [0.2, 0.25) is 0 Å². The van der Waals surface area contributed by atoms with Crippen molar-refractivity contribution in [1.29, 1.82) is 0 Å². The van der Waals surface area contributed by atoms with Gasteiger partial charge in [-0.25, -0.2) is 0 Å². The van der Waals surface area contributed by atoms with E-state index in [1.54, 1.807) is 23.4 Å². The molecule has 1 aliphatic heterocycles. The molecule has 3 heterocycles. The summed E-state index contributed by atoms with van der Waals surface area (Å²) >= 11 is 0. The lowest BCUT2D eigenvalue weighted by molar-refractivity contribution is 0.0720. The van der Waals surface area contributed by atoms with Gasteiger partial charge in [0.25, 0.3) is 11.9 Å². The Kier molecular flexibility index (Phi) is 2.14. The minimum Gasteiger partial charge on any atom is -0.427 e. The molecule has 2 aromatic heterocycles. The molecule has 0 spiro atoms. The summed E-state index contributed by atoms with van der Waals surface area (Å²) in [5.41, 5.74) is 7.00. The molecule has 1 amide bonds. The van der Waals surface area contributed by atoms with E-state index in [0.29, 0.717) is 30.8 Å². The number of nitrogens with two attached hydrogens (primary N) is 1. The predicted molar refractivity (Wildman–Crippen MR) is 60.2 cm³/mol.